The van der Waals surface area contributed by atoms with E-state index < -0.39 is 10.0 Å². The van der Waals surface area contributed by atoms with Crippen LogP contribution in [0.4, 0.5) is 5.69 Å². The van der Waals surface area contributed by atoms with Crippen LogP contribution < -0.4 is 10.5 Å². The van der Waals surface area contributed by atoms with Gasteiger partial charge in [0.25, 0.3) is 0 Å². The first kappa shape index (κ1) is 16.1. The number of amides is 1. The molecule has 0 saturated heterocycles. The summed E-state index contributed by atoms with van der Waals surface area (Å²) in [7, 11) is -3.79. The topological polar surface area (TPSA) is 89.3 Å². The van der Waals surface area contributed by atoms with Gasteiger partial charge in [0.2, 0.25) is 15.9 Å². The monoisotopic (exact) mass is 348 g/mol. The van der Waals surface area contributed by atoms with Crippen molar-refractivity contribution in [3.8, 4) is 0 Å². The lowest BCUT2D eigenvalue weighted by molar-refractivity contribution is -0.116. The Bertz CT molecular complexity index is 585. The van der Waals surface area contributed by atoms with Crippen molar-refractivity contribution in [2.45, 2.75) is 30.5 Å². The predicted octanol–water partition coefficient (Wildman–Crippen LogP) is 2.00. The molecule has 106 valence electrons. The van der Waals surface area contributed by atoms with Gasteiger partial charge in [0, 0.05) is 5.69 Å². The van der Waals surface area contributed by atoms with Crippen LogP contribution in [-0.4, -0.2) is 19.2 Å². The Morgan fingerprint density at radius 3 is 2.42 bits per heavy atom. The average molecular weight is 349 g/mol. The van der Waals surface area contributed by atoms with Crippen LogP contribution in [0, 0.1) is 12.8 Å². The molecule has 3 N–H and O–H groups in total. The Labute approximate surface area is 121 Å². The number of hydrogen-bond donors (Lipinski definition) is 2. The number of sulfonamides is 1. The molecule has 0 aliphatic carbocycles. The first-order chi connectivity index (χ1) is 8.62. The van der Waals surface area contributed by atoms with Crippen molar-refractivity contribution in [1.29, 1.82) is 0 Å². The largest absolute Gasteiger partial charge is 0.325 e. The van der Waals surface area contributed by atoms with Crippen molar-refractivity contribution in [1.82, 2.24) is 0 Å². The van der Waals surface area contributed by atoms with Gasteiger partial charge >= 0.3 is 0 Å². The molecule has 0 heterocycles. The number of alkyl halides is 1. The Hall–Kier alpha value is -0.920. The number of carbonyl (C=O) groups excluding carboxylic acids is 1. The summed E-state index contributed by atoms with van der Waals surface area (Å²) >= 11 is 3.28. The highest BCUT2D eigenvalue weighted by atomic mass is 79.9. The molecule has 0 bridgehead atoms. The maximum absolute atomic E-state index is 11.9. The molecular weight excluding hydrogens is 332 g/mol. The van der Waals surface area contributed by atoms with Crippen LogP contribution in [0.3, 0.4) is 0 Å². The van der Waals surface area contributed by atoms with Gasteiger partial charge < -0.3 is 5.32 Å². The van der Waals surface area contributed by atoms with E-state index in [1.165, 1.54) is 6.07 Å². The number of primary sulfonamides is 1. The summed E-state index contributed by atoms with van der Waals surface area (Å²) in [5, 5.41) is 7.77. The molecule has 0 spiro atoms. The number of rotatable bonds is 4. The first-order valence-electron chi connectivity index (χ1n) is 5.71. The average Bonchev–Trinajstić information content (AvgIpc) is 2.28. The molecule has 7 heteroatoms. The summed E-state index contributed by atoms with van der Waals surface area (Å²) in [6.07, 6.45) is 0. The van der Waals surface area contributed by atoms with E-state index in [9.17, 15) is 13.2 Å². The van der Waals surface area contributed by atoms with Gasteiger partial charge in [-0.25, -0.2) is 13.6 Å². The zero-order valence-electron chi connectivity index (χ0n) is 11.0. The number of anilines is 1. The van der Waals surface area contributed by atoms with Crippen LogP contribution in [0.2, 0.25) is 0 Å². The number of hydrogen-bond acceptors (Lipinski definition) is 3. The van der Waals surface area contributed by atoms with Crippen LogP contribution in [0.5, 0.6) is 0 Å². The molecule has 0 aliphatic rings. The Morgan fingerprint density at radius 2 is 1.95 bits per heavy atom. The minimum Gasteiger partial charge on any atom is -0.325 e. The van der Waals surface area contributed by atoms with Gasteiger partial charge in [-0.1, -0.05) is 35.8 Å². The van der Waals surface area contributed by atoms with Crippen molar-refractivity contribution in [2.24, 2.45) is 11.1 Å². The van der Waals surface area contributed by atoms with Crippen molar-refractivity contribution in [3.05, 3.63) is 23.8 Å². The smallest absolute Gasteiger partial charge is 0.238 e. The third-order valence-electron chi connectivity index (χ3n) is 2.60. The fourth-order valence-electron chi connectivity index (χ4n) is 1.50. The molecule has 1 aromatic carbocycles. The third-order valence-corrected chi connectivity index (χ3v) is 5.12. The maximum atomic E-state index is 11.9. The van der Waals surface area contributed by atoms with E-state index in [0.717, 1.165) is 0 Å². The van der Waals surface area contributed by atoms with Gasteiger partial charge in [-0.3, -0.25) is 4.79 Å². The van der Waals surface area contributed by atoms with Crippen LogP contribution >= 0.6 is 15.9 Å². The summed E-state index contributed by atoms with van der Waals surface area (Å²) < 4.78 is 22.8. The highest BCUT2D eigenvalue weighted by Crippen LogP contribution is 2.20. The van der Waals surface area contributed by atoms with Crippen molar-refractivity contribution >= 4 is 37.5 Å². The van der Waals surface area contributed by atoms with Crippen LogP contribution in [0.25, 0.3) is 0 Å². The number of benzene rings is 1. The molecule has 0 aromatic heterocycles. The van der Waals surface area contributed by atoms with Crippen molar-refractivity contribution in [2.75, 3.05) is 5.32 Å². The molecule has 0 saturated carbocycles. The molecule has 0 fully saturated rings. The number of nitrogens with one attached hydrogen (secondary N) is 1. The fourth-order valence-corrected chi connectivity index (χ4v) is 2.42. The normalized spacial score (nSPS) is 13.4. The van der Waals surface area contributed by atoms with E-state index in [-0.39, 0.29) is 21.5 Å². The first-order valence-corrected chi connectivity index (χ1v) is 8.17. The summed E-state index contributed by atoms with van der Waals surface area (Å²) in [6.45, 7) is 5.46. The number of aryl methyl sites for hydroxylation is 1. The summed E-state index contributed by atoms with van der Waals surface area (Å²) in [5.74, 6) is -0.0950. The molecule has 1 atom stereocenters. The van der Waals surface area contributed by atoms with Gasteiger partial charge in [0.1, 0.15) is 0 Å². The lowest BCUT2D eigenvalue weighted by atomic mass is 10.1. The third kappa shape index (κ3) is 4.29. The maximum Gasteiger partial charge on any atom is 0.238 e. The second-order valence-corrected chi connectivity index (χ2v) is 7.18. The quantitative estimate of drug-likeness (QED) is 0.815. The minimum atomic E-state index is -3.79. The van der Waals surface area contributed by atoms with Gasteiger partial charge in [-0.15, -0.1) is 0 Å². The number of nitrogens with two attached hydrogens (primary N) is 1. The van der Waals surface area contributed by atoms with E-state index >= 15 is 0 Å². The van der Waals surface area contributed by atoms with E-state index in [0.29, 0.717) is 11.3 Å². The SMILES string of the molecule is Cc1ccc(NC(=O)C(Br)C(C)C)cc1S(N)(=O)=O. The minimum absolute atomic E-state index is 0.0148. The van der Waals surface area contributed by atoms with E-state index in [1.807, 2.05) is 13.8 Å². The molecule has 1 rings (SSSR count). The Balaban J connectivity index is 3.02. The molecule has 0 radical (unpaired) electrons. The van der Waals surface area contributed by atoms with Gasteiger partial charge in [-0.2, -0.15) is 0 Å². The second-order valence-electron chi connectivity index (χ2n) is 4.66. The lowest BCUT2D eigenvalue weighted by Gasteiger charge is -2.14. The molecule has 0 aliphatic heterocycles. The molecule has 1 aromatic rings. The van der Waals surface area contributed by atoms with Crippen molar-refractivity contribution < 1.29 is 13.2 Å². The lowest BCUT2D eigenvalue weighted by Crippen LogP contribution is -2.27. The summed E-state index contributed by atoms with van der Waals surface area (Å²) in [5.41, 5.74) is 0.949. The summed E-state index contributed by atoms with van der Waals surface area (Å²) in [4.78, 5) is 11.5. The second kappa shape index (κ2) is 6.02. The molecule has 1 amide bonds. The van der Waals surface area contributed by atoms with E-state index in [1.54, 1.807) is 19.1 Å². The standard InChI is InChI=1S/C12H17BrN2O3S/c1-7(2)11(13)12(16)15-9-5-4-8(3)10(6-9)19(14,17)18/h4-7,11H,1-3H3,(H,15,16)(H2,14,17,18). The number of halogens is 1. The zero-order chi connectivity index (χ0) is 14.8. The predicted molar refractivity (Wildman–Crippen MR) is 78.7 cm³/mol. The van der Waals surface area contributed by atoms with Crippen LogP contribution in [0.1, 0.15) is 19.4 Å². The van der Waals surface area contributed by atoms with Crippen LogP contribution in [-0.2, 0) is 14.8 Å². The molecular formula is C12H17BrN2O3S. The van der Waals surface area contributed by atoms with Crippen molar-refractivity contribution in [3.63, 3.8) is 0 Å². The highest BCUT2D eigenvalue weighted by molar-refractivity contribution is 9.10. The molecule has 19 heavy (non-hydrogen) atoms. The Kier molecular flexibility index (Phi) is 5.11. The Morgan fingerprint density at radius 1 is 1.37 bits per heavy atom. The highest BCUT2D eigenvalue weighted by Gasteiger charge is 2.19. The molecule has 1 unspecified atom stereocenters. The fraction of sp³-hybridized carbons (Fsp3) is 0.417. The van der Waals surface area contributed by atoms with Gasteiger partial charge in [0.05, 0.1) is 9.72 Å². The summed E-state index contributed by atoms with van der Waals surface area (Å²) in [6, 6.07) is 4.61. The zero-order valence-corrected chi connectivity index (χ0v) is 13.4. The van der Waals surface area contributed by atoms with Gasteiger partial charge in [0.15, 0.2) is 0 Å². The molecule has 5 nitrogen and oxygen atoms in total. The van der Waals surface area contributed by atoms with E-state index in [2.05, 4.69) is 21.2 Å². The van der Waals surface area contributed by atoms with Gasteiger partial charge in [-0.05, 0) is 30.5 Å². The van der Waals surface area contributed by atoms with E-state index in [4.69, 9.17) is 5.14 Å². The van der Waals surface area contributed by atoms with Crippen LogP contribution in [0.15, 0.2) is 23.1 Å². The number of carbonyl (C=O) groups is 1.